The zero-order chi connectivity index (χ0) is 11.5. The number of phenols is 1. The number of aromatic hydroxyl groups is 1. The van der Waals surface area contributed by atoms with E-state index in [9.17, 15) is 4.39 Å². The van der Waals surface area contributed by atoms with Gasteiger partial charge in [-0.1, -0.05) is 37.3 Å². The number of benzene rings is 2. The molecule has 1 nitrogen and oxygen atoms in total. The molecule has 0 heterocycles. The molecule has 0 fully saturated rings. The van der Waals surface area contributed by atoms with Crippen LogP contribution in [0.25, 0.3) is 11.1 Å². The molecular formula is C14H13FO. The average Bonchev–Trinajstić information content (AvgIpc) is 2.33. The van der Waals surface area contributed by atoms with Gasteiger partial charge in [-0.3, -0.25) is 0 Å². The number of halogens is 1. The standard InChI is InChI=1S/C14H13FO/c1-2-10-4-3-5-11(8-10)12-6-7-14(16)13(15)9-12/h3-9,16H,2H2,1H3. The molecule has 0 spiro atoms. The van der Waals surface area contributed by atoms with Crippen LogP contribution >= 0.6 is 0 Å². The van der Waals surface area contributed by atoms with E-state index in [4.69, 9.17) is 5.11 Å². The Balaban J connectivity index is 2.46. The molecule has 2 heteroatoms. The van der Waals surface area contributed by atoms with Crippen LogP contribution < -0.4 is 0 Å². The Morgan fingerprint density at radius 3 is 2.50 bits per heavy atom. The maximum atomic E-state index is 13.2. The first-order chi connectivity index (χ1) is 7.70. The summed E-state index contributed by atoms with van der Waals surface area (Å²) in [5.74, 6) is -0.894. The van der Waals surface area contributed by atoms with Crippen LogP contribution in [0.1, 0.15) is 12.5 Å². The van der Waals surface area contributed by atoms with Crippen LogP contribution in [0.3, 0.4) is 0 Å². The Morgan fingerprint density at radius 1 is 1.06 bits per heavy atom. The lowest BCUT2D eigenvalue weighted by molar-refractivity contribution is 0.432. The van der Waals surface area contributed by atoms with Gasteiger partial charge in [-0.05, 0) is 35.2 Å². The minimum atomic E-state index is -0.584. The quantitative estimate of drug-likeness (QED) is 0.810. The zero-order valence-electron chi connectivity index (χ0n) is 9.07. The second-order valence-corrected chi connectivity index (χ2v) is 3.72. The van der Waals surface area contributed by atoms with Gasteiger partial charge in [0.1, 0.15) is 0 Å². The van der Waals surface area contributed by atoms with E-state index < -0.39 is 5.82 Å². The minimum absolute atomic E-state index is 0.310. The van der Waals surface area contributed by atoms with Crippen molar-refractivity contribution in [3.05, 3.63) is 53.8 Å². The Bertz CT molecular complexity index is 506. The van der Waals surface area contributed by atoms with Crippen molar-refractivity contribution < 1.29 is 9.50 Å². The normalized spacial score (nSPS) is 10.4. The molecule has 0 saturated heterocycles. The van der Waals surface area contributed by atoms with Gasteiger partial charge in [0.25, 0.3) is 0 Å². The van der Waals surface area contributed by atoms with Crippen LogP contribution in [0.4, 0.5) is 4.39 Å². The summed E-state index contributed by atoms with van der Waals surface area (Å²) < 4.78 is 13.2. The van der Waals surface area contributed by atoms with Gasteiger partial charge in [0.05, 0.1) is 0 Å². The van der Waals surface area contributed by atoms with Crippen molar-refractivity contribution in [2.45, 2.75) is 13.3 Å². The first-order valence-corrected chi connectivity index (χ1v) is 5.28. The van der Waals surface area contributed by atoms with Gasteiger partial charge in [0.2, 0.25) is 0 Å². The molecule has 0 aromatic heterocycles. The Morgan fingerprint density at radius 2 is 1.81 bits per heavy atom. The van der Waals surface area contributed by atoms with Crippen molar-refractivity contribution >= 4 is 0 Å². The summed E-state index contributed by atoms with van der Waals surface area (Å²) in [7, 11) is 0. The van der Waals surface area contributed by atoms with E-state index in [1.54, 1.807) is 6.07 Å². The van der Waals surface area contributed by atoms with Crippen LogP contribution in [-0.2, 0) is 6.42 Å². The van der Waals surface area contributed by atoms with Crippen LogP contribution in [0.5, 0.6) is 5.75 Å². The summed E-state index contributed by atoms with van der Waals surface area (Å²) in [6.45, 7) is 2.08. The van der Waals surface area contributed by atoms with Gasteiger partial charge in [-0.25, -0.2) is 4.39 Å². The maximum absolute atomic E-state index is 13.2. The smallest absolute Gasteiger partial charge is 0.165 e. The topological polar surface area (TPSA) is 20.2 Å². The molecular weight excluding hydrogens is 203 g/mol. The van der Waals surface area contributed by atoms with Gasteiger partial charge in [0.15, 0.2) is 11.6 Å². The van der Waals surface area contributed by atoms with Crippen molar-refractivity contribution in [3.8, 4) is 16.9 Å². The molecule has 0 amide bonds. The Kier molecular flexibility index (Phi) is 2.91. The van der Waals surface area contributed by atoms with E-state index in [1.807, 2.05) is 24.3 Å². The highest BCUT2D eigenvalue weighted by Crippen LogP contribution is 2.25. The van der Waals surface area contributed by atoms with Crippen molar-refractivity contribution in [2.24, 2.45) is 0 Å². The summed E-state index contributed by atoms with van der Waals surface area (Å²) in [5, 5.41) is 9.12. The molecule has 2 aromatic rings. The van der Waals surface area contributed by atoms with Crippen molar-refractivity contribution in [1.29, 1.82) is 0 Å². The second kappa shape index (κ2) is 4.35. The molecule has 16 heavy (non-hydrogen) atoms. The minimum Gasteiger partial charge on any atom is -0.505 e. The van der Waals surface area contributed by atoms with Gasteiger partial charge in [-0.15, -0.1) is 0 Å². The molecule has 0 aliphatic heterocycles. The highest BCUT2D eigenvalue weighted by Gasteiger charge is 2.03. The number of aryl methyl sites for hydroxylation is 1. The zero-order valence-corrected chi connectivity index (χ0v) is 9.07. The van der Waals surface area contributed by atoms with Crippen LogP contribution in [0, 0.1) is 5.82 Å². The predicted molar refractivity (Wildman–Crippen MR) is 62.9 cm³/mol. The first-order valence-electron chi connectivity index (χ1n) is 5.28. The van der Waals surface area contributed by atoms with Crippen LogP contribution in [0.2, 0.25) is 0 Å². The predicted octanol–water partition coefficient (Wildman–Crippen LogP) is 3.76. The van der Waals surface area contributed by atoms with Gasteiger partial charge in [-0.2, -0.15) is 0 Å². The third-order valence-electron chi connectivity index (χ3n) is 2.62. The Labute approximate surface area is 94.2 Å². The molecule has 0 atom stereocenters. The number of rotatable bonds is 2. The SMILES string of the molecule is CCc1cccc(-c2ccc(O)c(F)c2)c1. The molecule has 0 unspecified atom stereocenters. The molecule has 2 aromatic carbocycles. The third kappa shape index (κ3) is 2.06. The summed E-state index contributed by atoms with van der Waals surface area (Å²) in [4.78, 5) is 0. The fourth-order valence-electron chi connectivity index (χ4n) is 1.66. The fourth-order valence-corrected chi connectivity index (χ4v) is 1.66. The summed E-state index contributed by atoms with van der Waals surface area (Å²) in [6, 6.07) is 12.4. The molecule has 0 saturated carbocycles. The van der Waals surface area contributed by atoms with E-state index in [2.05, 4.69) is 6.92 Å². The molecule has 0 aliphatic rings. The molecule has 1 N–H and O–H groups in total. The molecule has 82 valence electrons. The van der Waals surface area contributed by atoms with Crippen LogP contribution in [-0.4, -0.2) is 5.11 Å². The monoisotopic (exact) mass is 216 g/mol. The highest BCUT2D eigenvalue weighted by molar-refractivity contribution is 5.65. The van der Waals surface area contributed by atoms with E-state index in [0.29, 0.717) is 0 Å². The molecule has 0 bridgehead atoms. The summed E-state index contributed by atoms with van der Waals surface area (Å²) >= 11 is 0. The van der Waals surface area contributed by atoms with E-state index in [1.165, 1.54) is 17.7 Å². The lowest BCUT2D eigenvalue weighted by Crippen LogP contribution is -1.84. The fraction of sp³-hybridized carbons (Fsp3) is 0.143. The van der Waals surface area contributed by atoms with Crippen molar-refractivity contribution in [3.63, 3.8) is 0 Å². The summed E-state index contributed by atoms with van der Waals surface area (Å²) in [5.41, 5.74) is 2.97. The Hall–Kier alpha value is -1.83. The van der Waals surface area contributed by atoms with Gasteiger partial charge < -0.3 is 5.11 Å². The van der Waals surface area contributed by atoms with Gasteiger partial charge in [0, 0.05) is 0 Å². The van der Waals surface area contributed by atoms with E-state index in [-0.39, 0.29) is 5.75 Å². The highest BCUT2D eigenvalue weighted by atomic mass is 19.1. The largest absolute Gasteiger partial charge is 0.505 e. The van der Waals surface area contributed by atoms with E-state index >= 15 is 0 Å². The lowest BCUT2D eigenvalue weighted by atomic mass is 10.0. The van der Waals surface area contributed by atoms with Crippen molar-refractivity contribution in [2.75, 3.05) is 0 Å². The van der Waals surface area contributed by atoms with E-state index in [0.717, 1.165) is 17.5 Å². The lowest BCUT2D eigenvalue weighted by Gasteiger charge is -2.05. The molecule has 0 aliphatic carbocycles. The third-order valence-corrected chi connectivity index (χ3v) is 2.62. The average molecular weight is 216 g/mol. The molecule has 0 radical (unpaired) electrons. The maximum Gasteiger partial charge on any atom is 0.165 e. The number of hydrogen-bond donors (Lipinski definition) is 1. The number of hydrogen-bond acceptors (Lipinski definition) is 1. The number of phenolic OH excluding ortho intramolecular Hbond substituents is 1. The summed E-state index contributed by atoms with van der Waals surface area (Å²) in [6.07, 6.45) is 0.953. The first kappa shape index (κ1) is 10.7. The van der Waals surface area contributed by atoms with Gasteiger partial charge >= 0.3 is 0 Å². The van der Waals surface area contributed by atoms with Crippen molar-refractivity contribution in [1.82, 2.24) is 0 Å². The molecule has 2 rings (SSSR count). The van der Waals surface area contributed by atoms with Crippen LogP contribution in [0.15, 0.2) is 42.5 Å². The second-order valence-electron chi connectivity index (χ2n) is 3.72.